The first-order chi connectivity index (χ1) is 14.3. The smallest absolute Gasteiger partial charge is 0.132 e. The Bertz CT molecular complexity index is 1240. The van der Waals surface area contributed by atoms with Gasteiger partial charge < -0.3 is 5.11 Å². The van der Waals surface area contributed by atoms with Gasteiger partial charge in [-0.1, -0.05) is 91.0 Å². The maximum absolute atomic E-state index is 11.0. The van der Waals surface area contributed by atoms with Gasteiger partial charge in [0.05, 0.1) is 11.4 Å². The van der Waals surface area contributed by atoms with Crippen LogP contribution in [-0.2, 0) is 0 Å². The molecule has 0 aliphatic rings. The van der Waals surface area contributed by atoms with Crippen LogP contribution in [0.1, 0.15) is 0 Å². The highest BCUT2D eigenvalue weighted by Crippen LogP contribution is 2.37. The molecule has 0 aliphatic carbocycles. The van der Waals surface area contributed by atoms with Crippen LogP contribution < -0.4 is 0 Å². The van der Waals surface area contributed by atoms with Crippen LogP contribution in [0.25, 0.3) is 44.4 Å². The molecular formula is C27H19NO. The van der Waals surface area contributed by atoms with E-state index in [0.29, 0.717) is 0 Å². The molecule has 138 valence electrons. The van der Waals surface area contributed by atoms with E-state index in [1.54, 1.807) is 0 Å². The Morgan fingerprint density at radius 2 is 1.14 bits per heavy atom. The first-order valence-electron chi connectivity index (χ1n) is 9.63. The lowest BCUT2D eigenvalue weighted by Crippen LogP contribution is -1.92. The molecule has 0 bridgehead atoms. The van der Waals surface area contributed by atoms with Crippen LogP contribution in [0.15, 0.2) is 109 Å². The van der Waals surface area contributed by atoms with Crippen LogP contribution in [0, 0.1) is 0 Å². The number of benzene rings is 4. The second-order valence-electron chi connectivity index (χ2n) is 7.04. The Kier molecular flexibility index (Phi) is 4.30. The number of rotatable bonds is 3. The average molecular weight is 373 g/mol. The number of pyridine rings is 1. The van der Waals surface area contributed by atoms with Crippen molar-refractivity contribution >= 4 is 10.8 Å². The van der Waals surface area contributed by atoms with Crippen molar-refractivity contribution in [3.8, 4) is 39.4 Å². The number of phenolic OH excluding ortho intramolecular Hbond substituents is 1. The predicted molar refractivity (Wildman–Crippen MR) is 120 cm³/mol. The summed E-state index contributed by atoms with van der Waals surface area (Å²) in [6.07, 6.45) is 0. The van der Waals surface area contributed by atoms with Gasteiger partial charge >= 0.3 is 0 Å². The molecule has 0 spiro atoms. The van der Waals surface area contributed by atoms with E-state index in [9.17, 15) is 5.11 Å². The van der Waals surface area contributed by atoms with Crippen LogP contribution in [0.3, 0.4) is 0 Å². The van der Waals surface area contributed by atoms with E-state index in [0.717, 1.165) is 44.4 Å². The Hall–Kier alpha value is -3.91. The molecule has 5 rings (SSSR count). The topological polar surface area (TPSA) is 33.1 Å². The molecule has 4 aromatic carbocycles. The molecule has 2 nitrogen and oxygen atoms in total. The Morgan fingerprint density at radius 1 is 0.517 bits per heavy atom. The third-order valence-electron chi connectivity index (χ3n) is 5.18. The van der Waals surface area contributed by atoms with Crippen molar-refractivity contribution in [3.63, 3.8) is 0 Å². The summed E-state index contributed by atoms with van der Waals surface area (Å²) in [5, 5.41) is 12.8. The molecule has 0 saturated carbocycles. The molecule has 1 aromatic heterocycles. The van der Waals surface area contributed by atoms with Crippen molar-refractivity contribution in [2.24, 2.45) is 0 Å². The fraction of sp³-hybridized carbons (Fsp3) is 0. The summed E-state index contributed by atoms with van der Waals surface area (Å²) < 4.78 is 0. The molecule has 0 fully saturated rings. The minimum Gasteiger partial charge on any atom is -0.507 e. The number of phenols is 1. The van der Waals surface area contributed by atoms with E-state index in [4.69, 9.17) is 4.98 Å². The van der Waals surface area contributed by atoms with Crippen molar-refractivity contribution in [2.75, 3.05) is 0 Å². The van der Waals surface area contributed by atoms with Gasteiger partial charge in [-0.2, -0.15) is 0 Å². The predicted octanol–water partition coefficient (Wildman–Crippen LogP) is 6.94. The fourth-order valence-electron chi connectivity index (χ4n) is 3.68. The van der Waals surface area contributed by atoms with Gasteiger partial charge in [-0.05, 0) is 34.7 Å². The summed E-state index contributed by atoms with van der Waals surface area (Å²) in [6, 6.07) is 36.4. The van der Waals surface area contributed by atoms with E-state index in [2.05, 4.69) is 30.3 Å². The summed E-state index contributed by atoms with van der Waals surface area (Å²) in [5.41, 5.74) is 5.61. The number of hydrogen-bond donors (Lipinski definition) is 1. The maximum atomic E-state index is 11.0. The quantitative estimate of drug-likeness (QED) is 0.371. The zero-order valence-electron chi connectivity index (χ0n) is 15.8. The minimum atomic E-state index is 0.264. The second kappa shape index (κ2) is 7.25. The molecule has 0 amide bonds. The highest BCUT2D eigenvalue weighted by Gasteiger charge is 2.13. The van der Waals surface area contributed by atoms with Gasteiger partial charge in [-0.3, -0.25) is 0 Å². The lowest BCUT2D eigenvalue weighted by molar-refractivity contribution is 0.483. The molecule has 1 heterocycles. The normalized spacial score (nSPS) is 10.9. The standard InChI is InChI=1S/C27H19NO/c29-27-23-14-8-7-11-20(23)15-16-24(27)26-18-22(19-9-3-1-4-10-19)17-25(28-26)21-12-5-2-6-13-21/h1-18,29H. The molecule has 1 N–H and O–H groups in total. The molecule has 29 heavy (non-hydrogen) atoms. The lowest BCUT2D eigenvalue weighted by atomic mass is 9.98. The molecule has 0 aliphatic heterocycles. The van der Waals surface area contributed by atoms with Crippen LogP contribution >= 0.6 is 0 Å². The summed E-state index contributed by atoms with van der Waals surface area (Å²) in [7, 11) is 0. The van der Waals surface area contributed by atoms with Crippen molar-refractivity contribution in [3.05, 3.63) is 109 Å². The SMILES string of the molecule is Oc1c(-c2cc(-c3ccccc3)cc(-c3ccccc3)n2)ccc2ccccc12. The number of nitrogens with zero attached hydrogens (tertiary/aromatic N) is 1. The molecule has 0 atom stereocenters. The third-order valence-corrected chi connectivity index (χ3v) is 5.18. The summed E-state index contributed by atoms with van der Waals surface area (Å²) >= 11 is 0. The van der Waals surface area contributed by atoms with Gasteiger partial charge in [-0.15, -0.1) is 0 Å². The third kappa shape index (κ3) is 3.26. The highest BCUT2D eigenvalue weighted by atomic mass is 16.3. The van der Waals surface area contributed by atoms with Gasteiger partial charge in [-0.25, -0.2) is 4.98 Å². The number of aromatic nitrogens is 1. The lowest BCUT2D eigenvalue weighted by Gasteiger charge is -2.12. The molecule has 2 heteroatoms. The molecule has 0 radical (unpaired) electrons. The van der Waals surface area contributed by atoms with Crippen molar-refractivity contribution in [1.29, 1.82) is 0 Å². The van der Waals surface area contributed by atoms with Crippen molar-refractivity contribution in [1.82, 2.24) is 4.98 Å². The Labute approximate surface area is 169 Å². The monoisotopic (exact) mass is 373 g/mol. The largest absolute Gasteiger partial charge is 0.507 e. The minimum absolute atomic E-state index is 0.264. The number of fused-ring (bicyclic) bond motifs is 1. The number of aromatic hydroxyl groups is 1. The van der Waals surface area contributed by atoms with Gasteiger partial charge in [0.2, 0.25) is 0 Å². The molecular weight excluding hydrogens is 354 g/mol. The average Bonchev–Trinajstić information content (AvgIpc) is 2.80. The molecule has 5 aromatic rings. The van der Waals surface area contributed by atoms with E-state index in [-0.39, 0.29) is 5.75 Å². The molecule has 0 saturated heterocycles. The first kappa shape index (κ1) is 17.2. The first-order valence-corrected chi connectivity index (χ1v) is 9.63. The van der Waals surface area contributed by atoms with Gasteiger partial charge in [0.1, 0.15) is 5.75 Å². The molecule has 0 unspecified atom stereocenters. The van der Waals surface area contributed by atoms with E-state index < -0.39 is 0 Å². The van der Waals surface area contributed by atoms with Crippen molar-refractivity contribution < 1.29 is 5.11 Å². The highest BCUT2D eigenvalue weighted by molar-refractivity contribution is 5.94. The van der Waals surface area contributed by atoms with Gasteiger partial charge in [0, 0.05) is 16.5 Å². The van der Waals surface area contributed by atoms with E-state index in [1.165, 1.54) is 0 Å². The number of hydrogen-bond acceptors (Lipinski definition) is 2. The van der Waals surface area contributed by atoms with Gasteiger partial charge in [0.15, 0.2) is 0 Å². The Morgan fingerprint density at radius 3 is 1.90 bits per heavy atom. The van der Waals surface area contributed by atoms with Crippen LogP contribution in [-0.4, -0.2) is 10.1 Å². The van der Waals surface area contributed by atoms with Gasteiger partial charge in [0.25, 0.3) is 0 Å². The fourth-order valence-corrected chi connectivity index (χ4v) is 3.68. The summed E-state index contributed by atoms with van der Waals surface area (Å²) in [5.74, 6) is 0.264. The van der Waals surface area contributed by atoms with Crippen molar-refractivity contribution in [2.45, 2.75) is 0 Å². The summed E-state index contributed by atoms with van der Waals surface area (Å²) in [4.78, 5) is 4.91. The van der Waals surface area contributed by atoms with Crippen LogP contribution in [0.2, 0.25) is 0 Å². The zero-order valence-corrected chi connectivity index (χ0v) is 15.8. The maximum Gasteiger partial charge on any atom is 0.132 e. The zero-order chi connectivity index (χ0) is 19.6. The Balaban J connectivity index is 1.76. The van der Waals surface area contributed by atoms with E-state index >= 15 is 0 Å². The van der Waals surface area contributed by atoms with Crippen LogP contribution in [0.4, 0.5) is 0 Å². The van der Waals surface area contributed by atoms with Crippen LogP contribution in [0.5, 0.6) is 5.75 Å². The van der Waals surface area contributed by atoms with E-state index in [1.807, 2.05) is 78.9 Å². The second-order valence-corrected chi connectivity index (χ2v) is 7.04. The summed E-state index contributed by atoms with van der Waals surface area (Å²) in [6.45, 7) is 0.